The third-order valence-electron chi connectivity index (χ3n) is 6.32. The van der Waals surface area contributed by atoms with Crippen LogP contribution >= 0.6 is 11.3 Å². The van der Waals surface area contributed by atoms with E-state index in [-0.39, 0.29) is 17.9 Å². The number of fused-ring (bicyclic) bond motifs is 1. The van der Waals surface area contributed by atoms with Crippen LogP contribution in [0, 0.1) is 0 Å². The fraction of sp³-hybridized carbons (Fsp3) is 0.375. The molecule has 6 nitrogen and oxygen atoms in total. The number of benzene rings is 2. The molecule has 2 aromatic carbocycles. The molecule has 0 N–H and O–H groups in total. The maximum Gasteiger partial charge on any atom is 0.253 e. The van der Waals surface area contributed by atoms with Gasteiger partial charge < -0.3 is 9.80 Å². The van der Waals surface area contributed by atoms with Crippen molar-refractivity contribution in [3.8, 4) is 0 Å². The molecule has 5 rings (SSSR count). The highest BCUT2D eigenvalue weighted by Crippen LogP contribution is 2.30. The molecule has 0 saturated carbocycles. The molecule has 160 valence electrons. The first kappa shape index (κ1) is 20.2. The van der Waals surface area contributed by atoms with Crippen molar-refractivity contribution in [3.05, 3.63) is 59.1 Å². The van der Waals surface area contributed by atoms with Crippen LogP contribution in [0.15, 0.2) is 48.5 Å². The van der Waals surface area contributed by atoms with Gasteiger partial charge in [0.25, 0.3) is 5.91 Å². The van der Waals surface area contributed by atoms with Crippen molar-refractivity contribution in [2.45, 2.75) is 25.8 Å². The van der Waals surface area contributed by atoms with Crippen molar-refractivity contribution in [2.24, 2.45) is 0 Å². The molecule has 2 saturated heterocycles. The number of carbonyl (C=O) groups is 2. The second-order valence-electron chi connectivity index (χ2n) is 8.22. The Morgan fingerprint density at radius 1 is 1.00 bits per heavy atom. The van der Waals surface area contributed by atoms with Crippen LogP contribution in [-0.4, -0.2) is 59.3 Å². The molecular formula is C24H26N4O2S. The van der Waals surface area contributed by atoms with E-state index in [1.54, 1.807) is 16.2 Å². The first-order valence-corrected chi connectivity index (χ1v) is 11.7. The second kappa shape index (κ2) is 8.40. The number of carbonyl (C=O) groups excluding carboxylic acids is 2. The number of rotatable bonds is 4. The Hall–Kier alpha value is -2.77. The molecule has 1 atom stereocenters. The largest absolute Gasteiger partial charge is 0.336 e. The number of thiazole rings is 1. The van der Waals surface area contributed by atoms with Crippen LogP contribution in [0.25, 0.3) is 10.2 Å². The van der Waals surface area contributed by atoms with Gasteiger partial charge in [-0.3, -0.25) is 14.5 Å². The standard InChI is InChI=1S/C24H26N4O2S/c1-17(23-25-20-5-2-3-6-21(20)31-23)26-13-15-27(16-14-26)24(30)18-8-10-19(11-9-18)28-12-4-7-22(28)29/h2-3,5-6,8-11,17H,4,7,12-16H2,1H3. The van der Waals surface area contributed by atoms with Crippen molar-refractivity contribution in [1.29, 1.82) is 0 Å². The number of nitrogens with zero attached hydrogens (tertiary/aromatic N) is 4. The van der Waals surface area contributed by atoms with Crippen LogP contribution in [0.4, 0.5) is 5.69 Å². The molecule has 0 radical (unpaired) electrons. The van der Waals surface area contributed by atoms with Gasteiger partial charge in [0.05, 0.1) is 16.3 Å². The summed E-state index contributed by atoms with van der Waals surface area (Å²) in [5.41, 5.74) is 2.62. The highest BCUT2D eigenvalue weighted by atomic mass is 32.1. The number of hydrogen-bond acceptors (Lipinski definition) is 5. The Labute approximate surface area is 186 Å². The number of piperazine rings is 1. The Balaban J connectivity index is 1.20. The minimum Gasteiger partial charge on any atom is -0.336 e. The van der Waals surface area contributed by atoms with Crippen LogP contribution in [0.1, 0.15) is 41.2 Å². The minimum absolute atomic E-state index is 0.0617. The molecule has 2 aliphatic rings. The summed E-state index contributed by atoms with van der Waals surface area (Å²) in [5.74, 6) is 0.226. The van der Waals surface area contributed by atoms with E-state index in [1.807, 2.05) is 35.2 Å². The van der Waals surface area contributed by atoms with Crippen LogP contribution in [0.5, 0.6) is 0 Å². The van der Waals surface area contributed by atoms with E-state index < -0.39 is 0 Å². The number of anilines is 1. The van der Waals surface area contributed by atoms with Gasteiger partial charge in [-0.25, -0.2) is 4.98 Å². The first-order valence-electron chi connectivity index (χ1n) is 10.9. The molecule has 1 unspecified atom stereocenters. The number of hydrogen-bond donors (Lipinski definition) is 0. The topological polar surface area (TPSA) is 56.8 Å². The Bertz CT molecular complexity index is 1070. The summed E-state index contributed by atoms with van der Waals surface area (Å²) in [6, 6.07) is 16.0. The summed E-state index contributed by atoms with van der Waals surface area (Å²) in [6.07, 6.45) is 1.51. The third-order valence-corrected chi connectivity index (χ3v) is 7.52. The molecule has 2 aliphatic heterocycles. The summed E-state index contributed by atoms with van der Waals surface area (Å²) in [4.78, 5) is 35.8. The average molecular weight is 435 g/mol. The van der Waals surface area contributed by atoms with Gasteiger partial charge in [-0.15, -0.1) is 11.3 Å². The lowest BCUT2D eigenvalue weighted by molar-refractivity contribution is -0.117. The lowest BCUT2D eigenvalue weighted by Crippen LogP contribution is -2.49. The summed E-state index contributed by atoms with van der Waals surface area (Å²) >= 11 is 1.75. The smallest absolute Gasteiger partial charge is 0.253 e. The van der Waals surface area contributed by atoms with Gasteiger partial charge >= 0.3 is 0 Å². The van der Waals surface area contributed by atoms with Gasteiger partial charge in [0, 0.05) is 50.4 Å². The summed E-state index contributed by atoms with van der Waals surface area (Å²) in [5, 5.41) is 1.13. The van der Waals surface area contributed by atoms with E-state index in [0.29, 0.717) is 25.1 Å². The average Bonchev–Trinajstić information content (AvgIpc) is 3.44. The summed E-state index contributed by atoms with van der Waals surface area (Å²) in [6.45, 7) is 6.06. The van der Waals surface area contributed by atoms with Gasteiger partial charge in [-0.2, -0.15) is 0 Å². The normalized spacial score (nSPS) is 18.7. The Kier molecular flexibility index (Phi) is 5.46. The van der Waals surface area contributed by atoms with E-state index in [4.69, 9.17) is 4.98 Å². The number of para-hydroxylation sites is 1. The lowest BCUT2D eigenvalue weighted by Gasteiger charge is -2.37. The van der Waals surface area contributed by atoms with Gasteiger partial charge in [0.2, 0.25) is 5.91 Å². The van der Waals surface area contributed by atoms with Crippen LogP contribution in [0.3, 0.4) is 0 Å². The fourth-order valence-corrected chi connectivity index (χ4v) is 5.48. The number of amides is 2. The second-order valence-corrected chi connectivity index (χ2v) is 9.28. The molecule has 2 amide bonds. The van der Waals surface area contributed by atoms with Crippen LogP contribution in [0.2, 0.25) is 0 Å². The lowest BCUT2D eigenvalue weighted by atomic mass is 10.1. The predicted molar refractivity (Wildman–Crippen MR) is 124 cm³/mol. The zero-order valence-electron chi connectivity index (χ0n) is 17.7. The SMILES string of the molecule is CC(c1nc2ccccc2s1)N1CCN(C(=O)c2ccc(N3CCCC3=O)cc2)CC1. The third kappa shape index (κ3) is 3.95. The molecule has 3 aromatic rings. The fourth-order valence-electron chi connectivity index (χ4n) is 4.42. The van der Waals surface area contributed by atoms with E-state index in [2.05, 4.69) is 30.0 Å². The molecule has 31 heavy (non-hydrogen) atoms. The van der Waals surface area contributed by atoms with Crippen molar-refractivity contribution in [3.63, 3.8) is 0 Å². The Morgan fingerprint density at radius 2 is 1.74 bits per heavy atom. The maximum atomic E-state index is 13.0. The van der Waals surface area contributed by atoms with Crippen molar-refractivity contribution < 1.29 is 9.59 Å². The maximum absolute atomic E-state index is 13.0. The highest BCUT2D eigenvalue weighted by Gasteiger charge is 2.27. The van der Waals surface area contributed by atoms with E-state index in [1.165, 1.54) is 4.70 Å². The molecule has 0 aliphatic carbocycles. The monoisotopic (exact) mass is 434 g/mol. The zero-order chi connectivity index (χ0) is 21.4. The van der Waals surface area contributed by atoms with Gasteiger partial charge in [0.15, 0.2) is 0 Å². The zero-order valence-corrected chi connectivity index (χ0v) is 18.5. The van der Waals surface area contributed by atoms with Crippen molar-refractivity contribution >= 4 is 39.1 Å². The van der Waals surface area contributed by atoms with E-state index in [9.17, 15) is 9.59 Å². The summed E-state index contributed by atoms with van der Waals surface area (Å²) in [7, 11) is 0. The van der Waals surface area contributed by atoms with Crippen LogP contribution < -0.4 is 4.90 Å². The molecule has 1 aromatic heterocycles. The van der Waals surface area contributed by atoms with Gasteiger partial charge in [0.1, 0.15) is 5.01 Å². The van der Waals surface area contributed by atoms with Crippen molar-refractivity contribution in [1.82, 2.24) is 14.8 Å². The minimum atomic E-state index is 0.0617. The molecule has 0 bridgehead atoms. The van der Waals surface area contributed by atoms with E-state index in [0.717, 1.165) is 42.3 Å². The molecule has 2 fully saturated rings. The summed E-state index contributed by atoms with van der Waals surface area (Å²) < 4.78 is 1.22. The highest BCUT2D eigenvalue weighted by molar-refractivity contribution is 7.18. The molecule has 0 spiro atoms. The van der Waals surface area contributed by atoms with Crippen molar-refractivity contribution in [2.75, 3.05) is 37.6 Å². The van der Waals surface area contributed by atoms with Gasteiger partial charge in [-0.1, -0.05) is 12.1 Å². The van der Waals surface area contributed by atoms with E-state index >= 15 is 0 Å². The molecular weight excluding hydrogens is 408 g/mol. The predicted octanol–water partition coefficient (Wildman–Crippen LogP) is 3.94. The molecule has 3 heterocycles. The first-order chi connectivity index (χ1) is 15.1. The molecule has 7 heteroatoms. The van der Waals surface area contributed by atoms with Gasteiger partial charge in [-0.05, 0) is 49.7 Å². The quantitative estimate of drug-likeness (QED) is 0.624. The van der Waals surface area contributed by atoms with Crippen LogP contribution in [-0.2, 0) is 4.79 Å². The Morgan fingerprint density at radius 3 is 2.42 bits per heavy atom. The number of aromatic nitrogens is 1.